The Morgan fingerprint density at radius 1 is 1.47 bits per heavy atom. The zero-order valence-corrected chi connectivity index (χ0v) is 11.4. The van der Waals surface area contributed by atoms with Gasteiger partial charge in [0.15, 0.2) is 5.84 Å². The van der Waals surface area contributed by atoms with Gasteiger partial charge in [0, 0.05) is 19.3 Å². The van der Waals surface area contributed by atoms with Gasteiger partial charge in [0.05, 0.1) is 0 Å². The van der Waals surface area contributed by atoms with Gasteiger partial charge in [0.2, 0.25) is 5.91 Å². The van der Waals surface area contributed by atoms with E-state index in [4.69, 9.17) is 15.7 Å². The van der Waals surface area contributed by atoms with Crippen molar-refractivity contribution in [2.24, 2.45) is 22.2 Å². The van der Waals surface area contributed by atoms with Crippen LogP contribution in [0.3, 0.4) is 0 Å². The number of nitrogens with two attached hydrogens (primary N) is 1. The van der Waals surface area contributed by atoms with Gasteiger partial charge in [-0.2, -0.15) is 0 Å². The number of nitrogens with one attached hydrogen (secondary N) is 1. The van der Waals surface area contributed by atoms with Crippen LogP contribution in [0.4, 0.5) is 0 Å². The van der Waals surface area contributed by atoms with E-state index < -0.39 is 5.41 Å². The number of nitrogens with zero attached hydrogens (tertiary/aromatic N) is 1. The predicted octanol–water partition coefficient (Wildman–Crippen LogP) is 0.834. The number of ether oxygens (including phenoxy) is 1. The standard InChI is InChI=1S/C13H23N3O3/c1-9(10-3-7-19-8-4-10)15-12(17)13(5-2-6-13)11(14)16-18/h9-10,18H,2-8H2,1H3,(H2,14,16)(H,15,17). The monoisotopic (exact) mass is 269 g/mol. The summed E-state index contributed by atoms with van der Waals surface area (Å²) in [6.45, 7) is 3.54. The van der Waals surface area contributed by atoms with Crippen LogP contribution in [0.5, 0.6) is 0 Å². The van der Waals surface area contributed by atoms with E-state index in [2.05, 4.69) is 10.5 Å². The van der Waals surface area contributed by atoms with Gasteiger partial charge >= 0.3 is 0 Å². The van der Waals surface area contributed by atoms with E-state index in [9.17, 15) is 4.79 Å². The molecule has 0 radical (unpaired) electrons. The molecule has 0 aromatic rings. The van der Waals surface area contributed by atoms with Gasteiger partial charge in [-0.15, -0.1) is 0 Å². The molecule has 0 aromatic carbocycles. The molecule has 1 heterocycles. The fourth-order valence-electron chi connectivity index (χ4n) is 2.90. The van der Waals surface area contributed by atoms with Crippen molar-refractivity contribution in [1.29, 1.82) is 0 Å². The van der Waals surface area contributed by atoms with E-state index in [0.717, 1.165) is 32.5 Å². The van der Waals surface area contributed by atoms with Crippen molar-refractivity contribution in [2.75, 3.05) is 13.2 Å². The minimum absolute atomic E-state index is 0.0374. The van der Waals surface area contributed by atoms with Crippen LogP contribution < -0.4 is 11.1 Å². The predicted molar refractivity (Wildman–Crippen MR) is 70.8 cm³/mol. The number of rotatable bonds is 4. The molecule has 0 aromatic heterocycles. The molecule has 1 unspecified atom stereocenters. The van der Waals surface area contributed by atoms with Crippen molar-refractivity contribution < 1.29 is 14.7 Å². The van der Waals surface area contributed by atoms with Crippen LogP contribution in [0.25, 0.3) is 0 Å². The molecule has 6 nitrogen and oxygen atoms in total. The number of oxime groups is 1. The van der Waals surface area contributed by atoms with Crippen LogP contribution in [-0.4, -0.2) is 36.2 Å². The highest BCUT2D eigenvalue weighted by atomic mass is 16.5. The Kier molecular flexibility index (Phi) is 4.29. The number of carbonyl (C=O) groups is 1. The first-order valence-electron chi connectivity index (χ1n) is 6.97. The van der Waals surface area contributed by atoms with Crippen molar-refractivity contribution >= 4 is 11.7 Å². The summed E-state index contributed by atoms with van der Waals surface area (Å²) < 4.78 is 5.33. The molecule has 1 saturated carbocycles. The number of hydrogen-bond donors (Lipinski definition) is 3. The second-order valence-corrected chi connectivity index (χ2v) is 5.63. The summed E-state index contributed by atoms with van der Waals surface area (Å²) >= 11 is 0. The molecular formula is C13H23N3O3. The molecule has 1 aliphatic carbocycles. The molecule has 0 spiro atoms. The first-order chi connectivity index (χ1) is 9.10. The van der Waals surface area contributed by atoms with Gasteiger partial charge in [-0.1, -0.05) is 11.6 Å². The molecule has 19 heavy (non-hydrogen) atoms. The lowest BCUT2D eigenvalue weighted by Crippen LogP contribution is -2.56. The number of carbonyl (C=O) groups excluding carboxylic acids is 1. The third-order valence-electron chi connectivity index (χ3n) is 4.57. The first kappa shape index (κ1) is 14.1. The summed E-state index contributed by atoms with van der Waals surface area (Å²) in [5.41, 5.74) is 4.90. The molecule has 2 aliphatic rings. The Hall–Kier alpha value is -1.30. The van der Waals surface area contributed by atoms with Crippen LogP contribution in [0.2, 0.25) is 0 Å². The van der Waals surface area contributed by atoms with E-state index in [1.165, 1.54) is 0 Å². The molecule has 1 amide bonds. The van der Waals surface area contributed by atoms with E-state index >= 15 is 0 Å². The molecule has 1 atom stereocenters. The largest absolute Gasteiger partial charge is 0.409 e. The summed E-state index contributed by atoms with van der Waals surface area (Å²) in [5.74, 6) is 0.380. The molecule has 108 valence electrons. The highest BCUT2D eigenvalue weighted by molar-refractivity contribution is 6.07. The summed E-state index contributed by atoms with van der Waals surface area (Å²) in [4.78, 5) is 12.4. The van der Waals surface area contributed by atoms with Crippen LogP contribution in [0, 0.1) is 11.3 Å². The van der Waals surface area contributed by atoms with E-state index in [1.54, 1.807) is 0 Å². The number of hydrogen-bond acceptors (Lipinski definition) is 4. The molecule has 6 heteroatoms. The Morgan fingerprint density at radius 3 is 2.58 bits per heavy atom. The molecule has 1 saturated heterocycles. The average molecular weight is 269 g/mol. The second-order valence-electron chi connectivity index (χ2n) is 5.63. The smallest absolute Gasteiger partial charge is 0.234 e. The van der Waals surface area contributed by atoms with Gasteiger partial charge in [-0.05, 0) is 38.5 Å². The van der Waals surface area contributed by atoms with Gasteiger partial charge in [0.25, 0.3) is 0 Å². The highest BCUT2D eigenvalue weighted by Crippen LogP contribution is 2.41. The van der Waals surface area contributed by atoms with E-state index in [-0.39, 0.29) is 17.8 Å². The number of amidine groups is 1. The summed E-state index contributed by atoms with van der Waals surface area (Å²) in [5, 5.41) is 14.9. The Bertz CT molecular complexity index is 360. The second kappa shape index (κ2) is 5.77. The van der Waals surface area contributed by atoms with Crippen molar-refractivity contribution in [3.8, 4) is 0 Å². The lowest BCUT2D eigenvalue weighted by Gasteiger charge is -2.40. The van der Waals surface area contributed by atoms with Crippen molar-refractivity contribution in [3.63, 3.8) is 0 Å². The fraction of sp³-hybridized carbons (Fsp3) is 0.846. The SMILES string of the molecule is CC(NC(=O)C1(C(N)=NO)CCC1)C1CCOCC1. The van der Waals surface area contributed by atoms with Gasteiger partial charge in [-0.25, -0.2) is 0 Å². The molecule has 2 fully saturated rings. The Morgan fingerprint density at radius 2 is 2.11 bits per heavy atom. The fourth-order valence-corrected chi connectivity index (χ4v) is 2.90. The van der Waals surface area contributed by atoms with Crippen LogP contribution in [-0.2, 0) is 9.53 Å². The van der Waals surface area contributed by atoms with E-state index in [0.29, 0.717) is 18.8 Å². The first-order valence-corrected chi connectivity index (χ1v) is 6.97. The lowest BCUT2D eigenvalue weighted by molar-refractivity contribution is -0.132. The minimum atomic E-state index is -0.784. The third-order valence-corrected chi connectivity index (χ3v) is 4.57. The maximum Gasteiger partial charge on any atom is 0.234 e. The van der Waals surface area contributed by atoms with Crippen molar-refractivity contribution in [1.82, 2.24) is 5.32 Å². The van der Waals surface area contributed by atoms with Gasteiger partial charge in [-0.3, -0.25) is 4.79 Å². The zero-order valence-electron chi connectivity index (χ0n) is 11.4. The maximum atomic E-state index is 12.4. The lowest BCUT2D eigenvalue weighted by atomic mass is 9.67. The van der Waals surface area contributed by atoms with Crippen LogP contribution in [0.15, 0.2) is 5.16 Å². The van der Waals surface area contributed by atoms with Gasteiger partial charge < -0.3 is 21.0 Å². The van der Waals surface area contributed by atoms with Crippen molar-refractivity contribution in [2.45, 2.75) is 45.1 Å². The molecule has 0 bridgehead atoms. The molecule has 2 rings (SSSR count). The highest BCUT2D eigenvalue weighted by Gasteiger charge is 2.48. The molecule has 4 N–H and O–H groups in total. The average Bonchev–Trinajstić information content (AvgIpc) is 2.38. The third kappa shape index (κ3) is 2.68. The van der Waals surface area contributed by atoms with Crippen molar-refractivity contribution in [3.05, 3.63) is 0 Å². The quantitative estimate of drug-likeness (QED) is 0.305. The Labute approximate surface area is 113 Å². The normalized spacial score (nSPS) is 25.4. The van der Waals surface area contributed by atoms with Gasteiger partial charge in [0.1, 0.15) is 5.41 Å². The number of amides is 1. The molecule has 1 aliphatic heterocycles. The topological polar surface area (TPSA) is 96.9 Å². The summed E-state index contributed by atoms with van der Waals surface area (Å²) in [6.07, 6.45) is 4.20. The molecular weight excluding hydrogens is 246 g/mol. The van der Waals surface area contributed by atoms with Crippen LogP contribution >= 0.6 is 0 Å². The Balaban J connectivity index is 1.96. The zero-order chi connectivity index (χ0) is 13.9. The summed E-state index contributed by atoms with van der Waals surface area (Å²) in [7, 11) is 0. The summed E-state index contributed by atoms with van der Waals surface area (Å²) in [6, 6.07) is 0.0976. The van der Waals surface area contributed by atoms with E-state index in [1.807, 2.05) is 6.92 Å². The maximum absolute atomic E-state index is 12.4. The van der Waals surface area contributed by atoms with Crippen LogP contribution in [0.1, 0.15) is 39.0 Å². The minimum Gasteiger partial charge on any atom is -0.409 e.